The fourth-order valence-electron chi connectivity index (χ4n) is 0.861. The summed E-state index contributed by atoms with van der Waals surface area (Å²) in [5.41, 5.74) is 6.40. The van der Waals surface area contributed by atoms with E-state index < -0.39 is 6.04 Å². The Balaban J connectivity index is 2.64. The van der Waals surface area contributed by atoms with Crippen LogP contribution in [0.1, 0.15) is 12.6 Å². The number of nitrogens with one attached hydrogen (secondary N) is 2. The number of aromatic amines is 2. The molecule has 0 aromatic carbocycles. The number of hydrogen-bond donors (Lipinski definition) is 3. The molecule has 1 heterocycles. The van der Waals surface area contributed by atoms with E-state index in [4.69, 9.17) is 18.0 Å². The number of carbonyl (C=O) groups excluding carboxylic acids is 1. The highest BCUT2D eigenvalue weighted by Gasteiger charge is 2.09. The summed E-state index contributed by atoms with van der Waals surface area (Å²) in [6.45, 7) is 1.48. The zero-order valence-electron chi connectivity index (χ0n) is 6.76. The van der Waals surface area contributed by atoms with Crippen molar-refractivity contribution in [2.24, 2.45) is 5.73 Å². The first-order chi connectivity index (χ1) is 5.59. The number of carbonyl (C=O) groups is 1. The molecule has 4 N–H and O–H groups in total. The molecule has 4 nitrogen and oxygen atoms in total. The molecule has 0 spiro atoms. The summed E-state index contributed by atoms with van der Waals surface area (Å²) in [4.78, 5) is 16.5. The van der Waals surface area contributed by atoms with Crippen molar-refractivity contribution in [1.29, 1.82) is 0 Å². The van der Waals surface area contributed by atoms with Crippen molar-refractivity contribution in [2.75, 3.05) is 0 Å². The van der Waals surface area contributed by atoms with E-state index in [2.05, 4.69) is 9.97 Å². The largest absolute Gasteiger partial charge is 0.337 e. The minimum atomic E-state index is -0.438. The molecule has 5 heteroatoms. The zero-order valence-corrected chi connectivity index (χ0v) is 7.57. The summed E-state index contributed by atoms with van der Waals surface area (Å²) < 4.78 is 0.556. The van der Waals surface area contributed by atoms with Crippen molar-refractivity contribution in [3.63, 3.8) is 0 Å². The molecule has 0 saturated carbocycles. The molecule has 12 heavy (non-hydrogen) atoms. The van der Waals surface area contributed by atoms with Crippen LogP contribution in [0, 0.1) is 4.77 Å². The fourth-order valence-corrected chi connectivity index (χ4v) is 1.05. The number of ketones is 1. The van der Waals surface area contributed by atoms with Crippen LogP contribution in [-0.4, -0.2) is 21.8 Å². The third-order valence-electron chi connectivity index (χ3n) is 1.61. The molecule has 0 unspecified atom stereocenters. The molecule has 0 saturated heterocycles. The zero-order chi connectivity index (χ0) is 9.14. The van der Waals surface area contributed by atoms with Gasteiger partial charge in [0, 0.05) is 18.3 Å². The minimum Gasteiger partial charge on any atom is -0.337 e. The molecule has 66 valence electrons. The number of H-pyrrole nitrogens is 2. The van der Waals surface area contributed by atoms with Crippen LogP contribution in [0.5, 0.6) is 0 Å². The second-order valence-electron chi connectivity index (χ2n) is 2.69. The number of rotatable bonds is 3. The van der Waals surface area contributed by atoms with Crippen molar-refractivity contribution >= 4 is 18.0 Å². The predicted molar refractivity (Wildman–Crippen MR) is 48.3 cm³/mol. The van der Waals surface area contributed by atoms with Gasteiger partial charge in [-0.15, -0.1) is 0 Å². The second kappa shape index (κ2) is 3.64. The van der Waals surface area contributed by atoms with Gasteiger partial charge >= 0.3 is 0 Å². The van der Waals surface area contributed by atoms with Crippen molar-refractivity contribution < 1.29 is 4.79 Å². The molecular weight excluding hydrogens is 174 g/mol. The predicted octanol–water partition coefficient (Wildman–Crippen LogP) is 0.531. The van der Waals surface area contributed by atoms with E-state index in [1.165, 1.54) is 6.92 Å². The Bertz CT molecular complexity index is 327. The molecule has 1 aromatic heterocycles. The van der Waals surface area contributed by atoms with Crippen molar-refractivity contribution in [3.8, 4) is 0 Å². The number of nitrogens with two attached hydrogens (primary N) is 1. The maximum absolute atomic E-state index is 10.8. The summed E-state index contributed by atoms with van der Waals surface area (Å²) in [7, 11) is 0. The van der Waals surface area contributed by atoms with Crippen LogP contribution in [0.15, 0.2) is 6.20 Å². The molecule has 1 aromatic rings. The van der Waals surface area contributed by atoms with E-state index in [9.17, 15) is 4.79 Å². The lowest BCUT2D eigenvalue weighted by molar-refractivity contribution is -0.118. The first-order valence-corrected chi connectivity index (χ1v) is 4.03. The Morgan fingerprint density at radius 1 is 1.83 bits per heavy atom. The Labute approximate surface area is 75.2 Å². The quantitative estimate of drug-likeness (QED) is 0.601. The van der Waals surface area contributed by atoms with Crippen LogP contribution in [0.4, 0.5) is 0 Å². The van der Waals surface area contributed by atoms with Crippen molar-refractivity contribution in [2.45, 2.75) is 19.4 Å². The molecule has 0 bridgehead atoms. The number of aromatic nitrogens is 2. The summed E-state index contributed by atoms with van der Waals surface area (Å²) in [5, 5.41) is 0. The number of hydrogen-bond acceptors (Lipinski definition) is 3. The number of imidazole rings is 1. The van der Waals surface area contributed by atoms with Gasteiger partial charge in [0.25, 0.3) is 0 Å². The smallest absolute Gasteiger partial charge is 0.174 e. The molecule has 0 aliphatic heterocycles. The van der Waals surface area contributed by atoms with Crippen LogP contribution in [-0.2, 0) is 11.2 Å². The standard InChI is InChI=1S/C7H11N3OS/c1-4(11)6(8)2-5-3-9-7(12)10-5/h3,6H,2,8H2,1H3,(H2,9,10,12)/t6-/m0/s1. The van der Waals surface area contributed by atoms with Gasteiger partial charge in [0.15, 0.2) is 4.77 Å². The lowest BCUT2D eigenvalue weighted by atomic mass is 10.1. The third-order valence-corrected chi connectivity index (χ3v) is 1.83. The van der Waals surface area contributed by atoms with Crippen LogP contribution >= 0.6 is 12.2 Å². The third kappa shape index (κ3) is 2.28. The summed E-state index contributed by atoms with van der Waals surface area (Å²) in [6.07, 6.45) is 2.23. The van der Waals surface area contributed by atoms with Gasteiger partial charge < -0.3 is 15.7 Å². The van der Waals surface area contributed by atoms with Gasteiger partial charge in [0.05, 0.1) is 6.04 Å². The molecule has 0 amide bonds. The molecule has 1 atom stereocenters. The molecular formula is C7H11N3OS. The average Bonchev–Trinajstić information content (AvgIpc) is 2.35. The Kier molecular flexibility index (Phi) is 2.78. The average molecular weight is 185 g/mol. The molecule has 0 radical (unpaired) electrons. The highest BCUT2D eigenvalue weighted by Crippen LogP contribution is 1.97. The first-order valence-electron chi connectivity index (χ1n) is 3.62. The van der Waals surface area contributed by atoms with Crippen molar-refractivity contribution in [3.05, 3.63) is 16.7 Å². The van der Waals surface area contributed by atoms with Gasteiger partial charge in [-0.2, -0.15) is 0 Å². The van der Waals surface area contributed by atoms with Gasteiger partial charge in [-0.25, -0.2) is 0 Å². The van der Waals surface area contributed by atoms with E-state index in [0.29, 0.717) is 11.2 Å². The van der Waals surface area contributed by atoms with E-state index in [-0.39, 0.29) is 5.78 Å². The lowest BCUT2D eigenvalue weighted by Gasteiger charge is -2.03. The summed E-state index contributed by atoms with van der Waals surface area (Å²) in [6, 6.07) is -0.438. The summed E-state index contributed by atoms with van der Waals surface area (Å²) >= 11 is 4.81. The Hall–Kier alpha value is -0.940. The van der Waals surface area contributed by atoms with Gasteiger partial charge in [0.1, 0.15) is 5.78 Å². The van der Waals surface area contributed by atoms with E-state index in [1.807, 2.05) is 0 Å². The van der Waals surface area contributed by atoms with Crippen LogP contribution in [0.25, 0.3) is 0 Å². The summed E-state index contributed by atoms with van der Waals surface area (Å²) in [5.74, 6) is -0.0180. The molecule has 0 aliphatic carbocycles. The van der Waals surface area contributed by atoms with E-state index >= 15 is 0 Å². The first kappa shape index (κ1) is 9.15. The lowest BCUT2D eigenvalue weighted by Crippen LogP contribution is -2.30. The maximum Gasteiger partial charge on any atom is 0.174 e. The van der Waals surface area contributed by atoms with Gasteiger partial charge in [-0.1, -0.05) is 0 Å². The van der Waals surface area contributed by atoms with Gasteiger partial charge in [-0.3, -0.25) is 4.79 Å². The molecule has 0 aliphatic rings. The van der Waals surface area contributed by atoms with Crippen LogP contribution < -0.4 is 5.73 Å². The number of Topliss-reactive ketones (excluding diaryl/α,β-unsaturated/α-hetero) is 1. The van der Waals surface area contributed by atoms with E-state index in [1.54, 1.807) is 6.20 Å². The second-order valence-corrected chi connectivity index (χ2v) is 3.10. The van der Waals surface area contributed by atoms with E-state index in [0.717, 1.165) is 5.69 Å². The van der Waals surface area contributed by atoms with Crippen molar-refractivity contribution in [1.82, 2.24) is 9.97 Å². The van der Waals surface area contributed by atoms with Crippen LogP contribution in [0.2, 0.25) is 0 Å². The highest BCUT2D eigenvalue weighted by atomic mass is 32.1. The Morgan fingerprint density at radius 3 is 2.92 bits per heavy atom. The SMILES string of the molecule is CC(=O)[C@@H](N)Cc1c[nH]c(=S)[nH]1. The van der Waals surface area contributed by atoms with Gasteiger partial charge in [0.2, 0.25) is 0 Å². The molecule has 0 fully saturated rings. The Morgan fingerprint density at radius 2 is 2.50 bits per heavy atom. The molecule has 1 rings (SSSR count). The normalized spacial score (nSPS) is 12.8. The maximum atomic E-state index is 10.8. The monoisotopic (exact) mass is 185 g/mol. The topological polar surface area (TPSA) is 74.7 Å². The highest BCUT2D eigenvalue weighted by molar-refractivity contribution is 7.71. The van der Waals surface area contributed by atoms with Crippen LogP contribution in [0.3, 0.4) is 0 Å². The minimum absolute atomic E-state index is 0.0180. The van der Waals surface area contributed by atoms with Gasteiger partial charge in [-0.05, 0) is 19.1 Å². The fraction of sp³-hybridized carbons (Fsp3) is 0.429.